The van der Waals surface area contributed by atoms with Gasteiger partial charge in [0.2, 0.25) is 0 Å². The first-order chi connectivity index (χ1) is 19.7. The lowest BCUT2D eigenvalue weighted by Gasteiger charge is -2.28. The molecule has 0 spiro atoms. The number of hydrogen-bond donors (Lipinski definition) is 2. The molecular weight excluding hydrogens is 500 g/mol. The second kappa shape index (κ2) is 9.74. The van der Waals surface area contributed by atoms with E-state index in [1.807, 2.05) is 104 Å². The monoisotopic (exact) mass is 526 g/mol. The molecule has 6 aromatic rings. The molecule has 0 aliphatic carbocycles. The van der Waals surface area contributed by atoms with Gasteiger partial charge in [0.1, 0.15) is 35.3 Å². The number of anilines is 3. The quantitative estimate of drug-likeness (QED) is 0.287. The molecule has 3 aromatic heterocycles. The van der Waals surface area contributed by atoms with Crippen LogP contribution in [0.1, 0.15) is 0 Å². The van der Waals surface area contributed by atoms with E-state index in [-0.39, 0.29) is 5.56 Å². The maximum atomic E-state index is 14.4. The highest BCUT2D eigenvalue weighted by atomic mass is 16.5. The van der Waals surface area contributed by atoms with E-state index < -0.39 is 0 Å². The third-order valence-electron chi connectivity index (χ3n) is 7.16. The van der Waals surface area contributed by atoms with Crippen molar-refractivity contribution in [3.05, 3.63) is 114 Å². The van der Waals surface area contributed by atoms with Crippen LogP contribution < -0.4 is 20.5 Å². The van der Waals surface area contributed by atoms with Gasteiger partial charge in [-0.05, 0) is 35.4 Å². The smallest absolute Gasteiger partial charge is 0.284 e. The van der Waals surface area contributed by atoms with Crippen LogP contribution in [0.2, 0.25) is 0 Å². The van der Waals surface area contributed by atoms with Gasteiger partial charge in [-0.15, -0.1) is 0 Å². The van der Waals surface area contributed by atoms with Gasteiger partial charge in [-0.1, -0.05) is 72.8 Å². The number of pyridine rings is 1. The van der Waals surface area contributed by atoms with E-state index in [1.165, 1.54) is 4.52 Å². The van der Waals surface area contributed by atoms with Crippen LogP contribution in [0.25, 0.3) is 39.2 Å². The largest absolute Gasteiger partial charge is 0.490 e. The zero-order valence-corrected chi connectivity index (χ0v) is 21.8. The molecule has 2 N–H and O–H groups in total. The molecule has 0 bridgehead atoms. The van der Waals surface area contributed by atoms with Crippen molar-refractivity contribution < 1.29 is 4.74 Å². The van der Waals surface area contributed by atoms with E-state index in [0.717, 1.165) is 45.9 Å². The SMILES string of the molecule is CN1CCOc2ccc(-c3c(Nc4ccccn4)[nH]c4c(-c5ccccc5)c(-c5ccccc5)nn4c3=O)cc21. The zero-order valence-electron chi connectivity index (χ0n) is 21.8. The van der Waals surface area contributed by atoms with Crippen molar-refractivity contribution in [1.29, 1.82) is 0 Å². The number of ether oxygens (including phenoxy) is 1. The minimum Gasteiger partial charge on any atom is -0.490 e. The van der Waals surface area contributed by atoms with E-state index in [2.05, 4.69) is 20.2 Å². The average Bonchev–Trinajstić information content (AvgIpc) is 3.39. The summed E-state index contributed by atoms with van der Waals surface area (Å²) in [5.74, 6) is 1.95. The van der Waals surface area contributed by atoms with Crippen molar-refractivity contribution >= 4 is 23.0 Å². The standard InChI is InChI=1S/C32H26N6O2/c1-37-18-19-40-25-16-15-23(20-24(25)37)28-30(34-26-14-8-9-17-33-26)35-31-27(21-10-4-2-5-11-21)29(36-38(31)32(28)39)22-12-6-3-7-13-22/h2-17,20,35H,18-19H2,1H3,(H,33,34). The molecule has 0 fully saturated rings. The minimum absolute atomic E-state index is 0.245. The van der Waals surface area contributed by atoms with Crippen LogP contribution in [-0.2, 0) is 0 Å². The van der Waals surface area contributed by atoms with Gasteiger partial charge in [-0.3, -0.25) is 4.79 Å². The lowest BCUT2D eigenvalue weighted by atomic mass is 10.0. The lowest BCUT2D eigenvalue weighted by Crippen LogP contribution is -2.28. The van der Waals surface area contributed by atoms with E-state index in [0.29, 0.717) is 29.5 Å². The molecule has 3 aromatic carbocycles. The van der Waals surface area contributed by atoms with Crippen LogP contribution in [0.3, 0.4) is 0 Å². The average molecular weight is 527 g/mol. The van der Waals surface area contributed by atoms with Crippen molar-refractivity contribution in [3.63, 3.8) is 0 Å². The van der Waals surface area contributed by atoms with E-state index in [4.69, 9.17) is 9.84 Å². The molecule has 0 amide bonds. The van der Waals surface area contributed by atoms with Gasteiger partial charge in [0.25, 0.3) is 5.56 Å². The number of H-pyrrole nitrogens is 1. The summed E-state index contributed by atoms with van der Waals surface area (Å²) in [5.41, 5.74) is 5.93. The zero-order chi connectivity index (χ0) is 27.1. The first-order valence-corrected chi connectivity index (χ1v) is 13.1. The van der Waals surface area contributed by atoms with Gasteiger partial charge in [-0.2, -0.15) is 9.61 Å². The Hall–Kier alpha value is -5.37. The predicted octanol–water partition coefficient (Wildman–Crippen LogP) is 5.99. The van der Waals surface area contributed by atoms with E-state index >= 15 is 0 Å². The highest BCUT2D eigenvalue weighted by Gasteiger charge is 2.24. The minimum atomic E-state index is -0.245. The number of hydrogen-bond acceptors (Lipinski definition) is 6. The molecule has 8 heteroatoms. The molecule has 0 atom stereocenters. The lowest BCUT2D eigenvalue weighted by molar-refractivity contribution is 0.311. The number of aromatic nitrogens is 4. The second-order valence-electron chi connectivity index (χ2n) is 9.69. The van der Waals surface area contributed by atoms with Crippen molar-refractivity contribution in [3.8, 4) is 39.3 Å². The summed E-state index contributed by atoms with van der Waals surface area (Å²) in [4.78, 5) is 24.5. The van der Waals surface area contributed by atoms with Crippen LogP contribution in [-0.4, -0.2) is 39.8 Å². The van der Waals surface area contributed by atoms with Crippen molar-refractivity contribution in [2.45, 2.75) is 0 Å². The van der Waals surface area contributed by atoms with Gasteiger partial charge < -0.3 is 19.9 Å². The summed E-state index contributed by atoms with van der Waals surface area (Å²) >= 11 is 0. The number of fused-ring (bicyclic) bond motifs is 2. The maximum absolute atomic E-state index is 14.4. The van der Waals surface area contributed by atoms with Crippen LogP contribution in [0.4, 0.5) is 17.3 Å². The Morgan fingerprint density at radius 1 is 0.850 bits per heavy atom. The summed E-state index contributed by atoms with van der Waals surface area (Å²) in [5, 5.41) is 8.26. The molecule has 196 valence electrons. The molecule has 0 unspecified atom stereocenters. The molecule has 0 saturated heterocycles. The normalized spacial score (nSPS) is 12.7. The summed E-state index contributed by atoms with van der Waals surface area (Å²) in [6, 6.07) is 31.4. The number of aromatic amines is 1. The second-order valence-corrected chi connectivity index (χ2v) is 9.69. The molecular formula is C32H26N6O2. The third-order valence-corrected chi connectivity index (χ3v) is 7.16. The van der Waals surface area contributed by atoms with Gasteiger partial charge in [0.15, 0.2) is 0 Å². The summed E-state index contributed by atoms with van der Waals surface area (Å²) in [6.45, 7) is 1.39. The Morgan fingerprint density at radius 3 is 2.35 bits per heavy atom. The van der Waals surface area contributed by atoms with Crippen LogP contribution >= 0.6 is 0 Å². The Kier molecular flexibility index (Phi) is 5.78. The highest BCUT2D eigenvalue weighted by Crippen LogP contribution is 2.38. The molecule has 1 aliphatic heterocycles. The Morgan fingerprint density at radius 2 is 1.60 bits per heavy atom. The van der Waals surface area contributed by atoms with Gasteiger partial charge >= 0.3 is 0 Å². The Bertz CT molecular complexity index is 1880. The van der Waals surface area contributed by atoms with Crippen LogP contribution in [0, 0.1) is 0 Å². The Labute approximate surface area is 230 Å². The van der Waals surface area contributed by atoms with Crippen LogP contribution in [0.5, 0.6) is 5.75 Å². The predicted molar refractivity (Wildman–Crippen MR) is 158 cm³/mol. The number of benzene rings is 3. The fourth-order valence-electron chi connectivity index (χ4n) is 5.18. The van der Waals surface area contributed by atoms with E-state index in [1.54, 1.807) is 6.20 Å². The summed E-state index contributed by atoms with van der Waals surface area (Å²) in [6.07, 6.45) is 1.71. The first-order valence-electron chi connectivity index (χ1n) is 13.1. The van der Waals surface area contributed by atoms with Gasteiger partial charge in [0.05, 0.1) is 23.4 Å². The summed E-state index contributed by atoms with van der Waals surface area (Å²) < 4.78 is 7.33. The maximum Gasteiger partial charge on any atom is 0.284 e. The molecule has 40 heavy (non-hydrogen) atoms. The number of nitrogens with one attached hydrogen (secondary N) is 2. The summed E-state index contributed by atoms with van der Waals surface area (Å²) in [7, 11) is 2.03. The van der Waals surface area contributed by atoms with Crippen molar-refractivity contribution in [2.24, 2.45) is 0 Å². The Balaban J connectivity index is 1.53. The van der Waals surface area contributed by atoms with Crippen molar-refractivity contribution in [2.75, 3.05) is 30.4 Å². The third kappa shape index (κ3) is 4.06. The molecule has 8 nitrogen and oxygen atoms in total. The highest BCUT2D eigenvalue weighted by molar-refractivity contribution is 5.92. The van der Waals surface area contributed by atoms with E-state index in [9.17, 15) is 4.79 Å². The first kappa shape index (κ1) is 23.7. The number of nitrogens with zero attached hydrogens (tertiary/aromatic N) is 4. The number of likely N-dealkylation sites (N-methyl/N-ethyl adjacent to an activating group) is 1. The topological polar surface area (TPSA) is 87.5 Å². The van der Waals surface area contributed by atoms with Crippen LogP contribution in [0.15, 0.2) is 108 Å². The fraction of sp³-hybridized carbons (Fsp3) is 0.0938. The molecule has 4 heterocycles. The molecule has 0 radical (unpaired) electrons. The molecule has 1 aliphatic rings. The number of rotatable bonds is 5. The van der Waals surface area contributed by atoms with Gasteiger partial charge in [0, 0.05) is 18.8 Å². The molecule has 0 saturated carbocycles. The molecule has 7 rings (SSSR count). The van der Waals surface area contributed by atoms with Gasteiger partial charge in [-0.25, -0.2) is 4.98 Å². The van der Waals surface area contributed by atoms with Crippen molar-refractivity contribution in [1.82, 2.24) is 19.6 Å². The fourth-order valence-corrected chi connectivity index (χ4v) is 5.18.